The maximum atomic E-state index is 12.5. The number of ether oxygens (including phenoxy) is 1. The Morgan fingerprint density at radius 2 is 2.00 bits per heavy atom. The van der Waals surface area contributed by atoms with Crippen LogP contribution in [0.4, 0.5) is 5.69 Å². The van der Waals surface area contributed by atoms with Gasteiger partial charge in [0.15, 0.2) is 5.78 Å². The van der Waals surface area contributed by atoms with E-state index in [4.69, 9.17) is 10.5 Å². The lowest BCUT2D eigenvalue weighted by Crippen LogP contribution is -2.06. The van der Waals surface area contributed by atoms with E-state index in [0.29, 0.717) is 22.9 Å². The van der Waals surface area contributed by atoms with E-state index in [1.165, 1.54) is 0 Å². The summed E-state index contributed by atoms with van der Waals surface area (Å²) in [5.41, 5.74) is 7.48. The molecule has 0 amide bonds. The Labute approximate surface area is 125 Å². The number of rotatable bonds is 4. The third kappa shape index (κ3) is 2.85. The lowest BCUT2D eigenvalue weighted by atomic mass is 10.0. The first-order valence-corrected chi connectivity index (χ1v) is 7.29. The number of nitrogens with two attached hydrogens (primary N) is 1. The Morgan fingerprint density at radius 3 is 2.70 bits per heavy atom. The van der Waals surface area contributed by atoms with Gasteiger partial charge in [-0.1, -0.05) is 28.1 Å². The molecule has 2 aromatic rings. The van der Waals surface area contributed by atoms with Gasteiger partial charge >= 0.3 is 0 Å². The first-order valence-electron chi connectivity index (χ1n) is 6.50. The highest BCUT2D eigenvalue weighted by Gasteiger charge is 2.23. The zero-order valence-corrected chi connectivity index (χ0v) is 12.4. The van der Waals surface area contributed by atoms with Crippen LogP contribution in [0.5, 0.6) is 5.75 Å². The van der Waals surface area contributed by atoms with Gasteiger partial charge in [0.2, 0.25) is 0 Å². The van der Waals surface area contributed by atoms with Gasteiger partial charge in [-0.25, -0.2) is 0 Å². The van der Waals surface area contributed by atoms with Crippen molar-refractivity contribution in [2.45, 2.75) is 18.9 Å². The molecule has 0 aromatic heterocycles. The molecule has 1 saturated carbocycles. The van der Waals surface area contributed by atoms with Crippen LogP contribution in [0.1, 0.15) is 28.8 Å². The molecular formula is C16H14BrNO2. The summed E-state index contributed by atoms with van der Waals surface area (Å²) in [5.74, 6) is 0.658. The molecule has 1 aliphatic rings. The summed E-state index contributed by atoms with van der Waals surface area (Å²) in [6, 6.07) is 12.5. The average Bonchev–Trinajstić information content (AvgIpc) is 3.22. The smallest absolute Gasteiger partial charge is 0.195 e. The molecule has 1 aliphatic carbocycles. The summed E-state index contributed by atoms with van der Waals surface area (Å²) >= 11 is 3.34. The second kappa shape index (κ2) is 5.29. The van der Waals surface area contributed by atoms with E-state index in [2.05, 4.69) is 15.9 Å². The number of anilines is 1. The molecule has 0 atom stereocenters. The van der Waals surface area contributed by atoms with E-state index in [1.807, 2.05) is 18.2 Å². The minimum absolute atomic E-state index is 0.0868. The minimum atomic E-state index is -0.0868. The summed E-state index contributed by atoms with van der Waals surface area (Å²) in [5, 5.41) is 0. The molecule has 1 fully saturated rings. The van der Waals surface area contributed by atoms with E-state index in [1.54, 1.807) is 24.3 Å². The van der Waals surface area contributed by atoms with Crippen LogP contribution >= 0.6 is 15.9 Å². The van der Waals surface area contributed by atoms with Crippen LogP contribution in [0.25, 0.3) is 0 Å². The SMILES string of the molecule is Nc1cc(Br)ccc1C(=O)c1cccc(OC2CC2)c1. The molecule has 20 heavy (non-hydrogen) atoms. The molecule has 2 aromatic carbocycles. The number of nitrogen functional groups attached to an aromatic ring is 1. The van der Waals surface area contributed by atoms with Crippen molar-refractivity contribution in [2.24, 2.45) is 0 Å². The van der Waals surface area contributed by atoms with Gasteiger partial charge in [-0.3, -0.25) is 4.79 Å². The van der Waals surface area contributed by atoms with Gasteiger partial charge in [-0.2, -0.15) is 0 Å². The normalized spacial score (nSPS) is 14.1. The number of hydrogen-bond donors (Lipinski definition) is 1. The van der Waals surface area contributed by atoms with Crippen molar-refractivity contribution in [3.63, 3.8) is 0 Å². The number of ketones is 1. The fraction of sp³-hybridized carbons (Fsp3) is 0.188. The Bertz CT molecular complexity index is 665. The standard InChI is InChI=1S/C16H14BrNO2/c17-11-4-7-14(15(18)9-11)16(19)10-2-1-3-13(8-10)20-12-5-6-12/h1-4,7-9,12H,5-6,18H2. The number of carbonyl (C=O) groups is 1. The molecular weight excluding hydrogens is 318 g/mol. The van der Waals surface area contributed by atoms with Crippen molar-refractivity contribution < 1.29 is 9.53 Å². The maximum absolute atomic E-state index is 12.5. The molecule has 0 heterocycles. The van der Waals surface area contributed by atoms with Crippen LogP contribution in [0, 0.1) is 0 Å². The molecule has 0 aliphatic heterocycles. The second-order valence-corrected chi connectivity index (χ2v) is 5.82. The lowest BCUT2D eigenvalue weighted by Gasteiger charge is -2.08. The molecule has 3 rings (SSSR count). The van der Waals surface area contributed by atoms with Crippen LogP contribution in [-0.2, 0) is 0 Å². The van der Waals surface area contributed by atoms with Gasteiger partial charge < -0.3 is 10.5 Å². The number of carbonyl (C=O) groups excluding carboxylic acids is 1. The van der Waals surface area contributed by atoms with E-state index in [-0.39, 0.29) is 5.78 Å². The van der Waals surface area contributed by atoms with E-state index in [9.17, 15) is 4.79 Å². The van der Waals surface area contributed by atoms with Crippen LogP contribution < -0.4 is 10.5 Å². The van der Waals surface area contributed by atoms with Gasteiger partial charge in [-0.05, 0) is 43.2 Å². The first kappa shape index (κ1) is 13.2. The van der Waals surface area contributed by atoms with E-state index in [0.717, 1.165) is 23.1 Å². The van der Waals surface area contributed by atoms with Gasteiger partial charge in [0.1, 0.15) is 5.75 Å². The zero-order valence-electron chi connectivity index (χ0n) is 10.8. The van der Waals surface area contributed by atoms with Crippen molar-refractivity contribution in [1.29, 1.82) is 0 Å². The monoisotopic (exact) mass is 331 g/mol. The molecule has 0 saturated heterocycles. The predicted molar refractivity (Wildman–Crippen MR) is 82.1 cm³/mol. The third-order valence-corrected chi connectivity index (χ3v) is 3.67. The number of halogens is 1. The summed E-state index contributed by atoms with van der Waals surface area (Å²) in [7, 11) is 0. The summed E-state index contributed by atoms with van der Waals surface area (Å²) in [4.78, 5) is 12.5. The van der Waals surface area contributed by atoms with Crippen LogP contribution in [-0.4, -0.2) is 11.9 Å². The molecule has 0 radical (unpaired) electrons. The third-order valence-electron chi connectivity index (χ3n) is 3.18. The molecule has 102 valence electrons. The fourth-order valence-electron chi connectivity index (χ4n) is 1.98. The lowest BCUT2D eigenvalue weighted by molar-refractivity contribution is 0.103. The van der Waals surface area contributed by atoms with Gasteiger partial charge in [0.25, 0.3) is 0 Å². The maximum Gasteiger partial charge on any atom is 0.195 e. The van der Waals surface area contributed by atoms with Crippen molar-refractivity contribution >= 4 is 27.4 Å². The minimum Gasteiger partial charge on any atom is -0.490 e. The van der Waals surface area contributed by atoms with Crippen LogP contribution in [0.3, 0.4) is 0 Å². The molecule has 3 nitrogen and oxygen atoms in total. The van der Waals surface area contributed by atoms with E-state index < -0.39 is 0 Å². The molecule has 4 heteroatoms. The van der Waals surface area contributed by atoms with Crippen LogP contribution in [0.2, 0.25) is 0 Å². The Kier molecular flexibility index (Phi) is 3.49. The highest BCUT2D eigenvalue weighted by Crippen LogP contribution is 2.28. The average molecular weight is 332 g/mol. The Hall–Kier alpha value is -1.81. The second-order valence-electron chi connectivity index (χ2n) is 4.91. The Balaban J connectivity index is 1.89. The van der Waals surface area contributed by atoms with Gasteiger partial charge in [-0.15, -0.1) is 0 Å². The van der Waals surface area contributed by atoms with Crippen molar-refractivity contribution in [3.05, 3.63) is 58.1 Å². The Morgan fingerprint density at radius 1 is 1.20 bits per heavy atom. The number of hydrogen-bond acceptors (Lipinski definition) is 3. The largest absolute Gasteiger partial charge is 0.490 e. The van der Waals surface area contributed by atoms with Crippen LogP contribution in [0.15, 0.2) is 46.9 Å². The molecule has 0 bridgehead atoms. The summed E-state index contributed by atoms with van der Waals surface area (Å²) in [6.07, 6.45) is 2.51. The van der Waals surface area contributed by atoms with E-state index >= 15 is 0 Å². The predicted octanol–water partition coefficient (Wildman–Crippen LogP) is 3.80. The zero-order chi connectivity index (χ0) is 14.1. The topological polar surface area (TPSA) is 52.3 Å². The van der Waals surface area contributed by atoms with Crippen molar-refractivity contribution in [1.82, 2.24) is 0 Å². The highest BCUT2D eigenvalue weighted by atomic mass is 79.9. The van der Waals surface area contributed by atoms with Gasteiger partial charge in [0.05, 0.1) is 6.10 Å². The molecule has 0 unspecified atom stereocenters. The fourth-order valence-corrected chi connectivity index (χ4v) is 2.36. The quantitative estimate of drug-likeness (QED) is 0.684. The molecule has 0 spiro atoms. The number of benzene rings is 2. The summed E-state index contributed by atoms with van der Waals surface area (Å²) < 4.78 is 6.57. The first-order chi connectivity index (χ1) is 9.63. The van der Waals surface area contributed by atoms with Crippen molar-refractivity contribution in [2.75, 3.05) is 5.73 Å². The molecule has 2 N–H and O–H groups in total. The highest BCUT2D eigenvalue weighted by molar-refractivity contribution is 9.10. The summed E-state index contributed by atoms with van der Waals surface area (Å²) in [6.45, 7) is 0. The van der Waals surface area contributed by atoms with Gasteiger partial charge in [0, 0.05) is 21.3 Å². The van der Waals surface area contributed by atoms with Crippen molar-refractivity contribution in [3.8, 4) is 5.75 Å².